The average molecular weight is 337 g/mol. The second-order valence-electron chi connectivity index (χ2n) is 7.66. The highest BCUT2D eigenvalue weighted by Crippen LogP contribution is 2.39. The monoisotopic (exact) mass is 337 g/mol. The molecule has 1 N–H and O–H groups in total. The fourth-order valence-electron chi connectivity index (χ4n) is 4.57. The van der Waals surface area contributed by atoms with Crippen molar-refractivity contribution in [3.05, 3.63) is 0 Å². The van der Waals surface area contributed by atoms with E-state index in [4.69, 9.17) is 5.11 Å². The first-order chi connectivity index (χ1) is 11.6. The van der Waals surface area contributed by atoms with Crippen molar-refractivity contribution in [2.45, 2.75) is 44.9 Å². The van der Waals surface area contributed by atoms with Gasteiger partial charge in [0.05, 0.1) is 18.6 Å². The summed E-state index contributed by atoms with van der Waals surface area (Å²) in [5.41, 5.74) is -0.313. The minimum Gasteiger partial charge on any atom is -0.395 e. The number of aliphatic hydroxyl groups excluding tert-OH is 1. The third-order valence-corrected chi connectivity index (χ3v) is 5.94. The quantitative estimate of drug-likeness (QED) is 0.820. The molecule has 1 spiro atoms. The first-order valence-corrected chi connectivity index (χ1v) is 9.55. The van der Waals surface area contributed by atoms with E-state index in [2.05, 4.69) is 4.90 Å². The molecule has 3 fully saturated rings. The number of likely N-dealkylation sites (tertiary alicyclic amines) is 3. The third-order valence-electron chi connectivity index (χ3n) is 5.94. The summed E-state index contributed by atoms with van der Waals surface area (Å²) in [6, 6.07) is 0. The van der Waals surface area contributed by atoms with Crippen molar-refractivity contribution in [3.8, 4) is 0 Å². The number of amides is 2. The zero-order chi connectivity index (χ0) is 17.0. The molecule has 3 aliphatic rings. The Kier molecular flexibility index (Phi) is 5.76. The molecule has 3 rings (SSSR count). The molecular formula is C18H31N3O3. The normalized spacial score (nSPS) is 29.3. The fourth-order valence-corrected chi connectivity index (χ4v) is 4.57. The molecule has 2 amide bonds. The van der Waals surface area contributed by atoms with Crippen LogP contribution in [0, 0.1) is 5.41 Å². The van der Waals surface area contributed by atoms with Crippen molar-refractivity contribution in [2.24, 2.45) is 5.41 Å². The summed E-state index contributed by atoms with van der Waals surface area (Å²) in [5.74, 6) is 0.414. The lowest BCUT2D eigenvalue weighted by Gasteiger charge is -2.39. The van der Waals surface area contributed by atoms with Crippen LogP contribution >= 0.6 is 0 Å². The number of carbonyl (C=O) groups excluding carboxylic acids is 2. The maximum atomic E-state index is 12.8. The molecule has 0 aromatic heterocycles. The maximum Gasteiger partial charge on any atom is 0.236 e. The van der Waals surface area contributed by atoms with Crippen LogP contribution in [0.25, 0.3) is 0 Å². The van der Waals surface area contributed by atoms with Crippen LogP contribution in [0.1, 0.15) is 44.9 Å². The lowest BCUT2D eigenvalue weighted by molar-refractivity contribution is -0.146. The molecule has 0 saturated carbocycles. The van der Waals surface area contributed by atoms with Crippen molar-refractivity contribution in [2.75, 3.05) is 52.4 Å². The molecular weight excluding hydrogens is 306 g/mol. The van der Waals surface area contributed by atoms with Crippen LogP contribution in [0.4, 0.5) is 0 Å². The molecule has 6 heteroatoms. The predicted molar refractivity (Wildman–Crippen MR) is 91.4 cm³/mol. The smallest absolute Gasteiger partial charge is 0.236 e. The summed E-state index contributed by atoms with van der Waals surface area (Å²) >= 11 is 0. The Hall–Kier alpha value is -1.14. The molecule has 3 saturated heterocycles. The average Bonchev–Trinajstić information content (AvgIpc) is 2.80. The van der Waals surface area contributed by atoms with E-state index >= 15 is 0 Å². The molecule has 6 nitrogen and oxygen atoms in total. The second-order valence-corrected chi connectivity index (χ2v) is 7.66. The Bertz CT molecular complexity index is 460. The number of nitrogens with zero attached hydrogens (tertiary/aromatic N) is 3. The number of hydrogen-bond acceptors (Lipinski definition) is 4. The van der Waals surface area contributed by atoms with Crippen LogP contribution in [0.5, 0.6) is 0 Å². The van der Waals surface area contributed by atoms with E-state index in [9.17, 15) is 9.59 Å². The van der Waals surface area contributed by atoms with Gasteiger partial charge in [-0.3, -0.25) is 14.5 Å². The third kappa shape index (κ3) is 3.75. The zero-order valence-electron chi connectivity index (χ0n) is 14.7. The largest absolute Gasteiger partial charge is 0.395 e. The van der Waals surface area contributed by atoms with Gasteiger partial charge in [-0.1, -0.05) is 12.8 Å². The molecule has 1 unspecified atom stereocenters. The van der Waals surface area contributed by atoms with Gasteiger partial charge in [0.25, 0.3) is 0 Å². The summed E-state index contributed by atoms with van der Waals surface area (Å²) in [6.45, 7) is 4.99. The van der Waals surface area contributed by atoms with Gasteiger partial charge in [0.15, 0.2) is 0 Å². The summed E-state index contributed by atoms with van der Waals surface area (Å²) < 4.78 is 0. The van der Waals surface area contributed by atoms with Crippen molar-refractivity contribution < 1.29 is 14.7 Å². The maximum absolute atomic E-state index is 12.8. The van der Waals surface area contributed by atoms with E-state index in [1.807, 2.05) is 9.80 Å². The van der Waals surface area contributed by atoms with Gasteiger partial charge in [-0.05, 0) is 38.6 Å². The summed E-state index contributed by atoms with van der Waals surface area (Å²) in [5, 5.41) is 9.15. The molecule has 3 aliphatic heterocycles. The van der Waals surface area contributed by atoms with Gasteiger partial charge < -0.3 is 14.9 Å². The van der Waals surface area contributed by atoms with Crippen molar-refractivity contribution >= 4 is 11.8 Å². The Morgan fingerprint density at radius 3 is 2.46 bits per heavy atom. The SMILES string of the molecule is O=C(CN1CCC2(CCCN(CCO)C2=O)C1)N1CCCCCC1. The van der Waals surface area contributed by atoms with Gasteiger partial charge >= 0.3 is 0 Å². The Morgan fingerprint density at radius 1 is 1.00 bits per heavy atom. The van der Waals surface area contributed by atoms with Crippen LogP contribution in [0.2, 0.25) is 0 Å². The molecule has 0 bridgehead atoms. The Balaban J connectivity index is 1.56. The van der Waals surface area contributed by atoms with E-state index in [1.54, 1.807) is 0 Å². The molecule has 1 atom stereocenters. The predicted octanol–water partition coefficient (Wildman–Crippen LogP) is 0.696. The molecule has 0 aromatic carbocycles. The molecule has 3 heterocycles. The second kappa shape index (κ2) is 7.83. The summed E-state index contributed by atoms with van der Waals surface area (Å²) in [4.78, 5) is 31.4. The molecule has 0 aliphatic carbocycles. The van der Waals surface area contributed by atoms with Crippen LogP contribution in [-0.2, 0) is 9.59 Å². The van der Waals surface area contributed by atoms with Crippen molar-refractivity contribution in [3.63, 3.8) is 0 Å². The number of β-amino-alcohol motifs (C(OH)–C–C–N with tert-alkyl or cyclic N) is 1. The first kappa shape index (κ1) is 17.7. The number of rotatable bonds is 4. The van der Waals surface area contributed by atoms with Crippen LogP contribution in [-0.4, -0.2) is 84.0 Å². The van der Waals surface area contributed by atoms with Crippen LogP contribution in [0.15, 0.2) is 0 Å². The highest BCUT2D eigenvalue weighted by Gasteiger charge is 2.48. The van der Waals surface area contributed by atoms with E-state index in [-0.39, 0.29) is 23.8 Å². The highest BCUT2D eigenvalue weighted by atomic mass is 16.3. The van der Waals surface area contributed by atoms with E-state index in [0.717, 1.165) is 58.3 Å². The van der Waals surface area contributed by atoms with Crippen molar-refractivity contribution in [1.82, 2.24) is 14.7 Å². The van der Waals surface area contributed by atoms with Gasteiger partial charge in [-0.25, -0.2) is 0 Å². The Morgan fingerprint density at radius 2 is 1.75 bits per heavy atom. The standard InChI is InChI=1S/C18H31N3O3/c22-13-12-21-10-5-6-18(17(21)24)7-11-19(15-18)14-16(23)20-8-3-1-2-4-9-20/h22H,1-15H2. The summed E-state index contributed by atoms with van der Waals surface area (Å²) in [6.07, 6.45) is 7.45. The van der Waals surface area contributed by atoms with E-state index in [1.165, 1.54) is 12.8 Å². The van der Waals surface area contributed by atoms with E-state index in [0.29, 0.717) is 19.6 Å². The van der Waals surface area contributed by atoms with Gasteiger partial charge in [0, 0.05) is 32.7 Å². The highest BCUT2D eigenvalue weighted by molar-refractivity contribution is 5.84. The summed E-state index contributed by atoms with van der Waals surface area (Å²) in [7, 11) is 0. The lowest BCUT2D eigenvalue weighted by Crippen LogP contribution is -2.51. The first-order valence-electron chi connectivity index (χ1n) is 9.55. The zero-order valence-corrected chi connectivity index (χ0v) is 14.7. The van der Waals surface area contributed by atoms with Gasteiger partial charge in [0.2, 0.25) is 11.8 Å². The number of piperidine rings is 1. The van der Waals surface area contributed by atoms with Gasteiger partial charge in [-0.2, -0.15) is 0 Å². The molecule has 0 aromatic rings. The minimum absolute atomic E-state index is 0.0268. The van der Waals surface area contributed by atoms with Crippen LogP contribution in [0.3, 0.4) is 0 Å². The number of hydrogen-bond donors (Lipinski definition) is 1. The van der Waals surface area contributed by atoms with Gasteiger partial charge in [-0.15, -0.1) is 0 Å². The number of carbonyl (C=O) groups is 2. The van der Waals surface area contributed by atoms with E-state index < -0.39 is 0 Å². The molecule has 136 valence electrons. The van der Waals surface area contributed by atoms with Crippen LogP contribution < -0.4 is 0 Å². The minimum atomic E-state index is -0.313. The van der Waals surface area contributed by atoms with Crippen molar-refractivity contribution in [1.29, 1.82) is 0 Å². The molecule has 0 radical (unpaired) electrons. The Labute approximate surface area is 144 Å². The molecule has 24 heavy (non-hydrogen) atoms. The fraction of sp³-hybridized carbons (Fsp3) is 0.889. The lowest BCUT2D eigenvalue weighted by atomic mass is 9.78. The van der Waals surface area contributed by atoms with Gasteiger partial charge in [0.1, 0.15) is 0 Å². The number of aliphatic hydroxyl groups is 1. The topological polar surface area (TPSA) is 64.1 Å².